The van der Waals surface area contributed by atoms with Crippen molar-refractivity contribution in [3.8, 4) is 0 Å². The molecule has 0 aromatic carbocycles. The lowest BCUT2D eigenvalue weighted by Gasteiger charge is -2.23. The summed E-state index contributed by atoms with van der Waals surface area (Å²) < 4.78 is 13.7. The average Bonchev–Trinajstić information content (AvgIpc) is 2.26. The van der Waals surface area contributed by atoms with Crippen molar-refractivity contribution in [1.29, 1.82) is 0 Å². The van der Waals surface area contributed by atoms with E-state index in [1.54, 1.807) is 0 Å². The molecule has 1 atom stereocenters. The minimum absolute atomic E-state index is 0.0397. The predicted octanol–water partition coefficient (Wildman–Crippen LogP) is -0.131. The molecule has 0 spiro atoms. The van der Waals surface area contributed by atoms with E-state index < -0.39 is 30.8 Å². The molecule has 2 N–H and O–H groups in total. The molecule has 94 valence electrons. The van der Waals surface area contributed by atoms with E-state index in [9.17, 15) is 9.59 Å². The highest BCUT2D eigenvalue weighted by molar-refractivity contribution is 5.77. The number of aliphatic hydroxyl groups is 1. The molecule has 0 aliphatic rings. The number of carboxylic acid groups (broad SMARTS) is 1. The Hall–Kier alpha value is -1.34. The zero-order valence-electron chi connectivity index (χ0n) is 9.26. The maximum Gasteiger partial charge on any atom is 0.505 e. The van der Waals surface area contributed by atoms with Gasteiger partial charge in [-0.3, -0.25) is 4.79 Å². The van der Waals surface area contributed by atoms with Crippen molar-refractivity contribution < 1.29 is 34.0 Å². The molecular weight excluding hydrogens is 220 g/mol. The van der Waals surface area contributed by atoms with Crippen molar-refractivity contribution in [3.63, 3.8) is 0 Å². The second-order valence-electron chi connectivity index (χ2n) is 3.40. The number of carbonyl (C=O) groups excluding carboxylic acids is 1. The molecule has 0 fully saturated rings. The Kier molecular flexibility index (Phi) is 6.43. The summed E-state index contributed by atoms with van der Waals surface area (Å²) in [4.78, 5) is 21.6. The van der Waals surface area contributed by atoms with Crippen LogP contribution < -0.4 is 0 Å². The van der Waals surface area contributed by atoms with Crippen LogP contribution in [0.4, 0.5) is 4.79 Å². The topological polar surface area (TPSA) is 102 Å². The van der Waals surface area contributed by atoms with Crippen LogP contribution in [0.25, 0.3) is 0 Å². The second-order valence-corrected chi connectivity index (χ2v) is 3.40. The number of ether oxygens (including phenoxy) is 3. The minimum Gasteiger partial charge on any atom is -0.463 e. The summed E-state index contributed by atoms with van der Waals surface area (Å²) >= 11 is 0. The lowest BCUT2D eigenvalue weighted by atomic mass is 9.93. The monoisotopic (exact) mass is 236 g/mol. The van der Waals surface area contributed by atoms with Gasteiger partial charge in [-0.1, -0.05) is 0 Å². The zero-order valence-corrected chi connectivity index (χ0v) is 9.26. The van der Waals surface area contributed by atoms with Gasteiger partial charge in [0.15, 0.2) is 0 Å². The molecule has 7 nitrogen and oxygen atoms in total. The van der Waals surface area contributed by atoms with Gasteiger partial charge in [-0.15, -0.1) is 0 Å². The summed E-state index contributed by atoms with van der Waals surface area (Å²) in [6, 6.07) is 0. The van der Waals surface area contributed by atoms with Gasteiger partial charge in [-0.2, -0.15) is 0 Å². The Morgan fingerprint density at radius 2 is 1.88 bits per heavy atom. The third-order valence-electron chi connectivity index (χ3n) is 1.88. The molecule has 16 heavy (non-hydrogen) atoms. The molecule has 0 aliphatic heterocycles. The number of carbonyl (C=O) groups is 2. The van der Waals surface area contributed by atoms with Crippen LogP contribution in [0.2, 0.25) is 0 Å². The van der Waals surface area contributed by atoms with E-state index in [0.717, 1.165) is 0 Å². The molecule has 0 amide bonds. The van der Waals surface area contributed by atoms with Crippen LogP contribution in [0.3, 0.4) is 0 Å². The molecule has 0 aromatic heterocycles. The fraction of sp³-hybridized carbons (Fsp3) is 0.778. The molecule has 0 saturated heterocycles. The zero-order chi connectivity index (χ0) is 12.6. The first-order valence-corrected chi connectivity index (χ1v) is 4.59. The van der Waals surface area contributed by atoms with Gasteiger partial charge in [-0.25, -0.2) is 4.79 Å². The number of esters is 1. The quantitative estimate of drug-likeness (QED) is 0.468. The van der Waals surface area contributed by atoms with Gasteiger partial charge in [0.1, 0.15) is 18.6 Å². The highest BCUT2D eigenvalue weighted by Gasteiger charge is 2.36. The highest BCUT2D eigenvalue weighted by Crippen LogP contribution is 2.18. The number of rotatable bonds is 7. The van der Waals surface area contributed by atoms with Crippen LogP contribution in [-0.4, -0.2) is 55.9 Å². The molecule has 0 aromatic rings. The molecule has 0 radical (unpaired) electrons. The number of methoxy groups -OCH3 is 1. The van der Waals surface area contributed by atoms with Crippen LogP contribution in [0.1, 0.15) is 6.92 Å². The minimum atomic E-state index is -1.51. The first kappa shape index (κ1) is 14.7. The largest absolute Gasteiger partial charge is 0.505 e. The number of aliphatic hydroxyl groups excluding tert-OH is 1. The predicted molar refractivity (Wildman–Crippen MR) is 52.0 cm³/mol. The van der Waals surface area contributed by atoms with E-state index >= 15 is 0 Å². The van der Waals surface area contributed by atoms with Gasteiger partial charge in [0.25, 0.3) is 0 Å². The van der Waals surface area contributed by atoms with E-state index in [0.29, 0.717) is 0 Å². The Morgan fingerprint density at radius 3 is 2.31 bits per heavy atom. The molecule has 7 heteroatoms. The Balaban J connectivity index is 4.20. The Bertz CT molecular complexity index is 240. The molecule has 0 heterocycles. The first-order valence-electron chi connectivity index (χ1n) is 4.59. The standard InChI is InChI=1S/C9H16O7/c1-9(5-10,6-16-8(12)13)7(11)15-4-3-14-2/h10H,3-6H2,1-2H3,(H,12,13). The van der Waals surface area contributed by atoms with Crippen molar-refractivity contribution in [2.24, 2.45) is 5.41 Å². The van der Waals surface area contributed by atoms with Crippen LogP contribution >= 0.6 is 0 Å². The van der Waals surface area contributed by atoms with Crippen LogP contribution in [-0.2, 0) is 19.0 Å². The van der Waals surface area contributed by atoms with Crippen LogP contribution in [0.5, 0.6) is 0 Å². The van der Waals surface area contributed by atoms with E-state index in [1.165, 1.54) is 14.0 Å². The fourth-order valence-electron chi connectivity index (χ4n) is 0.782. The van der Waals surface area contributed by atoms with Gasteiger partial charge in [0.05, 0.1) is 13.2 Å². The lowest BCUT2D eigenvalue weighted by molar-refractivity contribution is -0.161. The van der Waals surface area contributed by atoms with Crippen molar-refractivity contribution in [1.82, 2.24) is 0 Å². The van der Waals surface area contributed by atoms with Crippen LogP contribution in [0, 0.1) is 5.41 Å². The SMILES string of the molecule is COCCOC(=O)C(C)(CO)COC(=O)O. The smallest absolute Gasteiger partial charge is 0.463 e. The van der Waals surface area contributed by atoms with Crippen molar-refractivity contribution >= 4 is 12.1 Å². The summed E-state index contributed by atoms with van der Waals surface area (Å²) in [7, 11) is 1.45. The van der Waals surface area contributed by atoms with Crippen molar-refractivity contribution in [2.75, 3.05) is 33.5 Å². The molecule has 0 bridgehead atoms. The van der Waals surface area contributed by atoms with E-state index in [2.05, 4.69) is 9.47 Å². The van der Waals surface area contributed by atoms with Crippen molar-refractivity contribution in [3.05, 3.63) is 0 Å². The Morgan fingerprint density at radius 1 is 1.25 bits per heavy atom. The van der Waals surface area contributed by atoms with Crippen LogP contribution in [0.15, 0.2) is 0 Å². The average molecular weight is 236 g/mol. The van der Waals surface area contributed by atoms with Gasteiger partial charge in [0, 0.05) is 7.11 Å². The first-order chi connectivity index (χ1) is 7.46. The van der Waals surface area contributed by atoms with Gasteiger partial charge in [0.2, 0.25) is 0 Å². The summed E-state index contributed by atoms with van der Waals surface area (Å²) in [5.41, 5.74) is -1.38. The number of hydrogen-bond acceptors (Lipinski definition) is 6. The number of hydrogen-bond donors (Lipinski definition) is 2. The van der Waals surface area contributed by atoms with Gasteiger partial charge >= 0.3 is 12.1 Å². The third kappa shape index (κ3) is 4.94. The maximum absolute atomic E-state index is 11.5. The van der Waals surface area contributed by atoms with Gasteiger partial charge < -0.3 is 24.4 Å². The fourth-order valence-corrected chi connectivity index (χ4v) is 0.782. The van der Waals surface area contributed by atoms with E-state index in [4.69, 9.17) is 14.9 Å². The summed E-state index contributed by atoms with van der Waals surface area (Å²) in [5, 5.41) is 17.3. The van der Waals surface area contributed by atoms with E-state index in [1.807, 2.05) is 0 Å². The maximum atomic E-state index is 11.5. The second kappa shape index (κ2) is 7.02. The molecule has 0 rings (SSSR count). The van der Waals surface area contributed by atoms with Crippen molar-refractivity contribution in [2.45, 2.75) is 6.92 Å². The third-order valence-corrected chi connectivity index (χ3v) is 1.88. The molecular formula is C9H16O7. The highest BCUT2D eigenvalue weighted by atomic mass is 16.7. The van der Waals surface area contributed by atoms with Gasteiger partial charge in [-0.05, 0) is 6.92 Å². The molecule has 1 unspecified atom stereocenters. The normalized spacial score (nSPS) is 13.9. The Labute approximate surface area is 92.9 Å². The van der Waals surface area contributed by atoms with E-state index in [-0.39, 0.29) is 13.2 Å². The molecule has 0 aliphatic carbocycles. The lowest BCUT2D eigenvalue weighted by Crippen LogP contribution is -2.39. The molecule has 0 saturated carbocycles. The summed E-state index contributed by atoms with van der Waals surface area (Å²) in [5.74, 6) is -0.728. The summed E-state index contributed by atoms with van der Waals surface area (Å²) in [6.07, 6.45) is -1.51. The summed E-state index contributed by atoms with van der Waals surface area (Å²) in [6.45, 7) is 0.604.